The molecule has 1 aromatic carbocycles. The Hall–Kier alpha value is -1.03. The number of benzene rings is 1. The highest BCUT2D eigenvalue weighted by Crippen LogP contribution is 2.35. The van der Waals surface area contributed by atoms with E-state index in [9.17, 15) is 8.42 Å². The van der Waals surface area contributed by atoms with Crippen LogP contribution in [-0.4, -0.2) is 20.7 Å². The first kappa shape index (κ1) is 13.4. The summed E-state index contributed by atoms with van der Waals surface area (Å²) < 4.78 is 22.9. The van der Waals surface area contributed by atoms with Gasteiger partial charge in [0, 0.05) is 18.0 Å². The molecule has 0 heterocycles. The monoisotopic (exact) mass is 267 g/mol. The number of hydrogen-bond acceptors (Lipinski definition) is 3. The molecule has 0 amide bonds. The maximum Gasteiger partial charge on any atom is 0.175 e. The number of rotatable bonds is 4. The number of sulfone groups is 1. The molecule has 0 saturated heterocycles. The zero-order valence-electron chi connectivity index (χ0n) is 11.2. The predicted octanol–water partition coefficient (Wildman–Crippen LogP) is 2.94. The second kappa shape index (κ2) is 4.92. The third-order valence-electron chi connectivity index (χ3n) is 3.75. The van der Waals surface area contributed by atoms with Crippen molar-refractivity contribution in [3.63, 3.8) is 0 Å². The van der Waals surface area contributed by atoms with Crippen LogP contribution >= 0.6 is 0 Å². The molecule has 1 fully saturated rings. The van der Waals surface area contributed by atoms with Crippen molar-refractivity contribution in [3.05, 3.63) is 24.3 Å². The van der Waals surface area contributed by atoms with Crippen molar-refractivity contribution in [2.24, 2.45) is 11.8 Å². The van der Waals surface area contributed by atoms with E-state index in [2.05, 4.69) is 19.2 Å². The van der Waals surface area contributed by atoms with E-state index >= 15 is 0 Å². The first-order chi connectivity index (χ1) is 8.36. The summed E-state index contributed by atoms with van der Waals surface area (Å²) in [6, 6.07) is 7.57. The van der Waals surface area contributed by atoms with Crippen molar-refractivity contribution in [1.82, 2.24) is 0 Å². The quantitative estimate of drug-likeness (QED) is 0.912. The lowest BCUT2D eigenvalue weighted by molar-refractivity contribution is 0.212. The van der Waals surface area contributed by atoms with E-state index < -0.39 is 9.84 Å². The minimum atomic E-state index is -3.11. The second-order valence-corrected chi connectivity index (χ2v) is 7.63. The number of hydrogen-bond donors (Lipinski definition) is 1. The highest BCUT2D eigenvalue weighted by molar-refractivity contribution is 7.90. The molecule has 0 unspecified atom stereocenters. The summed E-state index contributed by atoms with van der Waals surface area (Å²) in [5.41, 5.74) is 0.908. The van der Waals surface area contributed by atoms with Crippen LogP contribution in [0.4, 0.5) is 5.69 Å². The molecule has 0 aliphatic heterocycles. The van der Waals surface area contributed by atoms with Crippen molar-refractivity contribution >= 4 is 15.5 Å². The molecule has 4 heteroatoms. The van der Waals surface area contributed by atoms with Crippen molar-refractivity contribution in [2.45, 2.75) is 37.6 Å². The van der Waals surface area contributed by atoms with E-state index in [-0.39, 0.29) is 0 Å². The molecule has 1 aliphatic rings. The van der Waals surface area contributed by atoms with E-state index in [1.165, 1.54) is 19.1 Å². The van der Waals surface area contributed by atoms with Gasteiger partial charge in [-0.05, 0) is 42.9 Å². The third-order valence-corrected chi connectivity index (χ3v) is 4.86. The fourth-order valence-corrected chi connectivity index (χ4v) is 3.04. The topological polar surface area (TPSA) is 46.2 Å². The fraction of sp³-hybridized carbons (Fsp3) is 0.571. The lowest BCUT2D eigenvalue weighted by Gasteiger charge is -2.39. The first-order valence-corrected chi connectivity index (χ1v) is 8.32. The zero-order valence-corrected chi connectivity index (χ0v) is 12.0. The van der Waals surface area contributed by atoms with Gasteiger partial charge >= 0.3 is 0 Å². The molecule has 1 aromatic rings. The molecule has 1 saturated carbocycles. The maximum atomic E-state index is 11.5. The van der Waals surface area contributed by atoms with E-state index in [0.29, 0.717) is 10.9 Å². The summed E-state index contributed by atoms with van der Waals surface area (Å²) in [5.74, 6) is 1.55. The molecule has 0 radical (unpaired) electrons. The molecule has 100 valence electrons. The minimum Gasteiger partial charge on any atom is -0.382 e. The minimum absolute atomic E-state index is 0.382. The Kier molecular flexibility index (Phi) is 3.66. The maximum absolute atomic E-state index is 11.5. The number of anilines is 1. The highest BCUT2D eigenvalue weighted by atomic mass is 32.2. The highest BCUT2D eigenvalue weighted by Gasteiger charge is 2.30. The summed E-state index contributed by atoms with van der Waals surface area (Å²) in [6.07, 6.45) is 3.60. The Morgan fingerprint density at radius 1 is 1.28 bits per heavy atom. The van der Waals surface area contributed by atoms with Crippen molar-refractivity contribution in [1.29, 1.82) is 0 Å². The Morgan fingerprint density at radius 3 is 2.50 bits per heavy atom. The van der Waals surface area contributed by atoms with Gasteiger partial charge in [-0.15, -0.1) is 0 Å². The van der Waals surface area contributed by atoms with Gasteiger partial charge in [-0.1, -0.05) is 19.9 Å². The Morgan fingerprint density at radius 2 is 1.94 bits per heavy atom. The molecule has 2 rings (SSSR count). The molecule has 0 bridgehead atoms. The summed E-state index contributed by atoms with van der Waals surface area (Å²) >= 11 is 0. The lowest BCUT2D eigenvalue weighted by atomic mass is 9.73. The Bertz CT molecular complexity index is 516. The van der Waals surface area contributed by atoms with Crippen LogP contribution in [0.5, 0.6) is 0 Å². The summed E-state index contributed by atoms with van der Waals surface area (Å²) in [4.78, 5) is 0.382. The van der Waals surface area contributed by atoms with Crippen LogP contribution in [0.2, 0.25) is 0 Å². The normalized spacial score (nSPS) is 23.8. The van der Waals surface area contributed by atoms with Gasteiger partial charge < -0.3 is 5.32 Å². The number of nitrogens with one attached hydrogen (secondary N) is 1. The second-order valence-electron chi connectivity index (χ2n) is 5.62. The van der Waals surface area contributed by atoms with E-state index in [1.807, 2.05) is 6.07 Å². The summed E-state index contributed by atoms with van der Waals surface area (Å²) in [7, 11) is -3.11. The van der Waals surface area contributed by atoms with Gasteiger partial charge in [0.05, 0.1) is 4.90 Å². The third kappa shape index (κ3) is 3.05. The molecule has 0 aromatic heterocycles. The Balaban J connectivity index is 2.00. The molecular formula is C14H21NO2S. The van der Waals surface area contributed by atoms with Crippen LogP contribution in [-0.2, 0) is 9.84 Å². The van der Waals surface area contributed by atoms with Gasteiger partial charge in [-0.25, -0.2) is 8.42 Å². The lowest BCUT2D eigenvalue weighted by Crippen LogP contribution is -2.37. The van der Waals surface area contributed by atoms with Crippen molar-refractivity contribution < 1.29 is 8.42 Å². The average Bonchev–Trinajstić information content (AvgIpc) is 2.21. The van der Waals surface area contributed by atoms with Crippen LogP contribution in [0.1, 0.15) is 26.7 Å². The van der Waals surface area contributed by atoms with E-state index in [0.717, 1.165) is 17.5 Å². The summed E-state index contributed by atoms with van der Waals surface area (Å²) in [6.45, 7) is 4.51. The molecule has 0 spiro atoms. The van der Waals surface area contributed by atoms with Crippen LogP contribution in [0, 0.1) is 11.8 Å². The first-order valence-electron chi connectivity index (χ1n) is 6.43. The fourth-order valence-electron chi connectivity index (χ4n) is 2.38. The smallest absolute Gasteiger partial charge is 0.175 e. The average molecular weight is 267 g/mol. The van der Waals surface area contributed by atoms with Gasteiger partial charge in [0.2, 0.25) is 0 Å². The molecule has 3 nitrogen and oxygen atoms in total. The van der Waals surface area contributed by atoms with Crippen LogP contribution in [0.15, 0.2) is 29.2 Å². The van der Waals surface area contributed by atoms with Crippen LogP contribution in [0.25, 0.3) is 0 Å². The van der Waals surface area contributed by atoms with Gasteiger partial charge in [0.25, 0.3) is 0 Å². The predicted molar refractivity (Wildman–Crippen MR) is 74.5 cm³/mol. The van der Waals surface area contributed by atoms with Gasteiger partial charge in [-0.2, -0.15) is 0 Å². The van der Waals surface area contributed by atoms with Crippen molar-refractivity contribution in [3.8, 4) is 0 Å². The van der Waals surface area contributed by atoms with Gasteiger partial charge in [0.1, 0.15) is 0 Å². The van der Waals surface area contributed by atoms with E-state index in [4.69, 9.17) is 0 Å². The summed E-state index contributed by atoms with van der Waals surface area (Å²) in [5, 5.41) is 3.41. The van der Waals surface area contributed by atoms with Gasteiger partial charge in [-0.3, -0.25) is 0 Å². The molecule has 1 N–H and O–H groups in total. The Labute approximate surface area is 110 Å². The van der Waals surface area contributed by atoms with Gasteiger partial charge in [0.15, 0.2) is 9.84 Å². The molecule has 18 heavy (non-hydrogen) atoms. The largest absolute Gasteiger partial charge is 0.382 e. The van der Waals surface area contributed by atoms with Crippen LogP contribution < -0.4 is 5.32 Å². The van der Waals surface area contributed by atoms with Crippen molar-refractivity contribution in [2.75, 3.05) is 11.6 Å². The van der Waals surface area contributed by atoms with E-state index in [1.54, 1.807) is 18.2 Å². The SMILES string of the molecule is CC(C)C1CC(Nc2cccc(S(C)(=O)=O)c2)C1. The van der Waals surface area contributed by atoms with Crippen LogP contribution in [0.3, 0.4) is 0 Å². The molecule has 0 atom stereocenters. The standard InChI is InChI=1S/C14H21NO2S/c1-10(2)11-7-13(8-11)15-12-5-4-6-14(9-12)18(3,16)17/h4-6,9-11,13,15H,7-8H2,1-3H3. The molecular weight excluding hydrogens is 246 g/mol. The zero-order chi connectivity index (χ0) is 13.3. The molecule has 1 aliphatic carbocycles.